The van der Waals surface area contributed by atoms with Crippen molar-refractivity contribution in [3.05, 3.63) is 16.5 Å². The molecule has 1 heterocycles. The highest BCUT2D eigenvalue weighted by Gasteiger charge is 2.05. The van der Waals surface area contributed by atoms with E-state index in [1.165, 1.54) is 10.4 Å². The highest BCUT2D eigenvalue weighted by atomic mass is 32.2. The molecule has 11 heavy (non-hydrogen) atoms. The lowest BCUT2D eigenvalue weighted by Gasteiger charge is -1.89. The summed E-state index contributed by atoms with van der Waals surface area (Å²) >= 11 is 1.65. The van der Waals surface area contributed by atoms with Gasteiger partial charge in [-0.25, -0.2) is 0 Å². The maximum atomic E-state index is 11.3. The molecule has 0 radical (unpaired) electrons. The van der Waals surface area contributed by atoms with E-state index in [2.05, 4.69) is 13.8 Å². The van der Waals surface area contributed by atoms with Crippen LogP contribution in [-0.4, -0.2) is 9.96 Å². The lowest BCUT2D eigenvalue weighted by molar-refractivity contribution is 0.685. The molecular formula is C8H12OS2. The molecule has 3 heteroatoms. The van der Waals surface area contributed by atoms with Crippen LogP contribution >= 0.6 is 11.3 Å². The Bertz CT molecular complexity index is 256. The van der Waals surface area contributed by atoms with Crippen molar-refractivity contribution in [2.75, 3.05) is 5.75 Å². The highest BCUT2D eigenvalue weighted by Crippen LogP contribution is 2.23. The van der Waals surface area contributed by atoms with Gasteiger partial charge in [0.05, 0.1) is 15.0 Å². The van der Waals surface area contributed by atoms with Gasteiger partial charge in [-0.1, -0.05) is 6.92 Å². The van der Waals surface area contributed by atoms with Gasteiger partial charge in [0.1, 0.15) is 0 Å². The first-order valence-corrected chi connectivity index (χ1v) is 5.74. The molecule has 1 atom stereocenters. The second-order valence-electron chi connectivity index (χ2n) is 2.44. The number of thiophene rings is 1. The number of rotatable bonds is 2. The van der Waals surface area contributed by atoms with E-state index < -0.39 is 10.8 Å². The van der Waals surface area contributed by atoms with Crippen molar-refractivity contribution in [3.63, 3.8) is 0 Å². The molecule has 1 aromatic heterocycles. The molecule has 0 amide bonds. The predicted molar refractivity (Wildman–Crippen MR) is 50.7 cm³/mol. The highest BCUT2D eigenvalue weighted by molar-refractivity contribution is 7.87. The summed E-state index contributed by atoms with van der Waals surface area (Å²) in [6, 6.07) is 2.03. The minimum atomic E-state index is -0.761. The summed E-state index contributed by atoms with van der Waals surface area (Å²) in [6.07, 6.45) is 0. The molecule has 0 fully saturated rings. The van der Waals surface area contributed by atoms with Gasteiger partial charge in [-0.3, -0.25) is 4.21 Å². The molecule has 0 aliphatic rings. The van der Waals surface area contributed by atoms with Gasteiger partial charge in [0.25, 0.3) is 0 Å². The van der Waals surface area contributed by atoms with Crippen molar-refractivity contribution in [1.29, 1.82) is 0 Å². The Kier molecular flexibility index (Phi) is 2.84. The van der Waals surface area contributed by atoms with E-state index in [0.29, 0.717) is 0 Å². The Morgan fingerprint density at radius 2 is 2.18 bits per heavy atom. The summed E-state index contributed by atoms with van der Waals surface area (Å²) in [5.41, 5.74) is 1.26. The van der Waals surface area contributed by atoms with Gasteiger partial charge >= 0.3 is 0 Å². The lowest BCUT2D eigenvalue weighted by atomic mass is 10.3. The normalized spacial score (nSPS) is 13.4. The van der Waals surface area contributed by atoms with Crippen molar-refractivity contribution in [1.82, 2.24) is 0 Å². The van der Waals surface area contributed by atoms with E-state index in [9.17, 15) is 4.21 Å². The average molecular weight is 188 g/mol. The first kappa shape index (κ1) is 8.94. The largest absolute Gasteiger partial charge is 0.254 e. The van der Waals surface area contributed by atoms with Crippen LogP contribution in [0.15, 0.2) is 10.3 Å². The molecule has 0 saturated carbocycles. The molecular weight excluding hydrogens is 176 g/mol. The summed E-state index contributed by atoms with van der Waals surface area (Å²) in [6.45, 7) is 6.07. The fourth-order valence-electron chi connectivity index (χ4n) is 0.794. The van der Waals surface area contributed by atoms with Gasteiger partial charge in [0.2, 0.25) is 0 Å². The molecule has 62 valence electrons. The standard InChI is InChI=1S/C8H12OS2/c1-4-11(9)8-5-6(2)7(3)10-8/h5H,4H2,1-3H3. The van der Waals surface area contributed by atoms with Crippen molar-refractivity contribution < 1.29 is 4.21 Å². The molecule has 1 unspecified atom stereocenters. The Balaban J connectivity index is 2.97. The van der Waals surface area contributed by atoms with Gasteiger partial charge < -0.3 is 0 Å². The Hall–Kier alpha value is -0.150. The Morgan fingerprint density at radius 3 is 2.55 bits per heavy atom. The van der Waals surface area contributed by atoms with Crippen LogP contribution in [0.2, 0.25) is 0 Å². The zero-order valence-corrected chi connectivity index (χ0v) is 8.64. The summed E-state index contributed by atoms with van der Waals surface area (Å²) in [7, 11) is -0.761. The third-order valence-electron chi connectivity index (χ3n) is 1.63. The van der Waals surface area contributed by atoms with Crippen LogP contribution in [0.1, 0.15) is 17.4 Å². The van der Waals surface area contributed by atoms with Crippen LogP contribution < -0.4 is 0 Å². The van der Waals surface area contributed by atoms with E-state index in [1.54, 1.807) is 11.3 Å². The van der Waals surface area contributed by atoms with Gasteiger partial charge in [0, 0.05) is 10.6 Å². The molecule has 0 aliphatic heterocycles. The molecule has 0 aromatic carbocycles. The lowest BCUT2D eigenvalue weighted by Crippen LogP contribution is -1.88. The fourth-order valence-corrected chi connectivity index (χ4v) is 3.24. The molecule has 0 bridgehead atoms. The maximum Gasteiger partial charge on any atom is 0.0915 e. The van der Waals surface area contributed by atoms with Crippen LogP contribution in [0.5, 0.6) is 0 Å². The van der Waals surface area contributed by atoms with Crippen LogP contribution in [-0.2, 0) is 10.8 Å². The predicted octanol–water partition coefficient (Wildman–Crippen LogP) is 2.49. The maximum absolute atomic E-state index is 11.3. The third kappa shape index (κ3) is 1.91. The molecule has 1 nitrogen and oxygen atoms in total. The van der Waals surface area contributed by atoms with Crippen molar-refractivity contribution in [3.8, 4) is 0 Å². The SMILES string of the molecule is CCS(=O)c1cc(C)c(C)s1. The first-order valence-electron chi connectivity index (χ1n) is 3.60. The van der Waals surface area contributed by atoms with E-state index in [-0.39, 0.29) is 0 Å². The number of hydrogen-bond acceptors (Lipinski definition) is 2. The quantitative estimate of drug-likeness (QED) is 0.697. The zero-order chi connectivity index (χ0) is 8.43. The topological polar surface area (TPSA) is 17.1 Å². The minimum absolute atomic E-state index is 0.722. The van der Waals surface area contributed by atoms with Crippen LogP contribution in [0.4, 0.5) is 0 Å². The van der Waals surface area contributed by atoms with E-state index in [1.807, 2.05) is 13.0 Å². The van der Waals surface area contributed by atoms with Gasteiger partial charge in [-0.15, -0.1) is 11.3 Å². The van der Waals surface area contributed by atoms with E-state index in [4.69, 9.17) is 0 Å². The molecule has 0 N–H and O–H groups in total. The Morgan fingerprint density at radius 1 is 1.55 bits per heavy atom. The fraction of sp³-hybridized carbons (Fsp3) is 0.500. The summed E-state index contributed by atoms with van der Waals surface area (Å²) in [5.74, 6) is 0.722. The first-order chi connectivity index (χ1) is 5.15. The molecule has 0 spiro atoms. The van der Waals surface area contributed by atoms with Gasteiger partial charge in [-0.05, 0) is 25.5 Å². The molecule has 0 saturated heterocycles. The van der Waals surface area contributed by atoms with Crippen LogP contribution in [0.3, 0.4) is 0 Å². The number of aryl methyl sites for hydroxylation is 2. The summed E-state index contributed by atoms with van der Waals surface area (Å²) < 4.78 is 12.3. The average Bonchev–Trinajstić information content (AvgIpc) is 2.31. The third-order valence-corrected chi connectivity index (χ3v) is 4.48. The van der Waals surface area contributed by atoms with Crippen LogP contribution in [0, 0.1) is 13.8 Å². The molecule has 1 rings (SSSR count). The summed E-state index contributed by atoms with van der Waals surface area (Å²) in [5, 5.41) is 0. The zero-order valence-electron chi connectivity index (χ0n) is 7.01. The van der Waals surface area contributed by atoms with E-state index >= 15 is 0 Å². The second-order valence-corrected chi connectivity index (χ2v) is 5.66. The van der Waals surface area contributed by atoms with Crippen molar-refractivity contribution in [2.45, 2.75) is 25.0 Å². The van der Waals surface area contributed by atoms with Crippen molar-refractivity contribution >= 4 is 22.1 Å². The van der Waals surface area contributed by atoms with E-state index in [0.717, 1.165) is 9.96 Å². The molecule has 1 aromatic rings. The molecule has 0 aliphatic carbocycles. The smallest absolute Gasteiger partial charge is 0.0915 e. The van der Waals surface area contributed by atoms with Gasteiger partial charge in [-0.2, -0.15) is 0 Å². The minimum Gasteiger partial charge on any atom is -0.254 e. The van der Waals surface area contributed by atoms with Crippen molar-refractivity contribution in [2.24, 2.45) is 0 Å². The van der Waals surface area contributed by atoms with Crippen LogP contribution in [0.25, 0.3) is 0 Å². The Labute approximate surface area is 73.9 Å². The van der Waals surface area contributed by atoms with Gasteiger partial charge in [0.15, 0.2) is 0 Å². The second kappa shape index (κ2) is 3.50. The monoisotopic (exact) mass is 188 g/mol. The number of hydrogen-bond donors (Lipinski definition) is 0. The summed E-state index contributed by atoms with van der Waals surface area (Å²) in [4.78, 5) is 1.28.